The number of nitrogens with zero attached hydrogens (tertiary/aromatic N) is 4. The van der Waals surface area contributed by atoms with Gasteiger partial charge in [0.25, 0.3) is 0 Å². The van der Waals surface area contributed by atoms with Crippen molar-refractivity contribution in [2.45, 2.75) is 25.2 Å². The van der Waals surface area contributed by atoms with Crippen LogP contribution in [0.1, 0.15) is 22.5 Å². The van der Waals surface area contributed by atoms with Gasteiger partial charge in [0, 0.05) is 38.7 Å². The first-order valence-corrected chi connectivity index (χ1v) is 9.46. The largest absolute Gasteiger partial charge is 0.496 e. The van der Waals surface area contributed by atoms with Gasteiger partial charge in [-0.1, -0.05) is 0 Å². The number of hydrogen-bond acceptors (Lipinski definition) is 7. The highest BCUT2D eigenvalue weighted by atomic mass is 16.5. The van der Waals surface area contributed by atoms with Crippen LogP contribution in [0, 0.1) is 0 Å². The number of fused-ring (bicyclic) bond motifs is 1. The van der Waals surface area contributed by atoms with Crippen LogP contribution < -0.4 is 21.5 Å². The van der Waals surface area contributed by atoms with Gasteiger partial charge in [0.2, 0.25) is 5.79 Å². The molecule has 0 radical (unpaired) electrons. The number of hydrogen-bond donors (Lipinski definition) is 3. The predicted molar refractivity (Wildman–Crippen MR) is 109 cm³/mol. The van der Waals surface area contributed by atoms with Crippen molar-refractivity contribution in [1.29, 1.82) is 0 Å². The summed E-state index contributed by atoms with van der Waals surface area (Å²) >= 11 is 0. The second-order valence-corrected chi connectivity index (χ2v) is 7.33. The van der Waals surface area contributed by atoms with Gasteiger partial charge in [-0.25, -0.2) is 9.98 Å². The number of methoxy groups -OCH3 is 1. The lowest BCUT2D eigenvalue weighted by Crippen LogP contribution is -2.49. The summed E-state index contributed by atoms with van der Waals surface area (Å²) in [5.41, 5.74) is 15.8. The summed E-state index contributed by atoms with van der Waals surface area (Å²) in [7, 11) is 3.69. The van der Waals surface area contributed by atoms with E-state index in [1.807, 2.05) is 19.4 Å². The van der Waals surface area contributed by atoms with Crippen molar-refractivity contribution in [3.63, 3.8) is 0 Å². The summed E-state index contributed by atoms with van der Waals surface area (Å²) in [4.78, 5) is 11.3. The number of imidazole rings is 1. The number of aliphatic imine (C=N–C) groups is 1. The van der Waals surface area contributed by atoms with Gasteiger partial charge in [0.1, 0.15) is 17.4 Å². The van der Waals surface area contributed by atoms with E-state index in [0.29, 0.717) is 5.84 Å². The van der Waals surface area contributed by atoms with Crippen molar-refractivity contribution in [2.75, 3.05) is 20.2 Å². The van der Waals surface area contributed by atoms with Gasteiger partial charge in [0.05, 0.1) is 19.2 Å². The number of aryl methyl sites for hydroxylation is 1. The molecule has 8 nitrogen and oxygen atoms in total. The number of amidine groups is 1. The third kappa shape index (κ3) is 3.48. The summed E-state index contributed by atoms with van der Waals surface area (Å²) < 4.78 is 7.72. The zero-order valence-electron chi connectivity index (χ0n) is 16.4. The fraction of sp³-hybridized carbons (Fsp3) is 0.400. The number of benzene rings is 1. The zero-order chi connectivity index (χ0) is 19.7. The van der Waals surface area contributed by atoms with Gasteiger partial charge in [-0.3, -0.25) is 10.6 Å². The van der Waals surface area contributed by atoms with E-state index in [-0.39, 0.29) is 0 Å². The maximum Gasteiger partial charge on any atom is 0.214 e. The molecule has 8 heteroatoms. The van der Waals surface area contributed by atoms with Gasteiger partial charge in [-0.15, -0.1) is 0 Å². The van der Waals surface area contributed by atoms with E-state index in [1.165, 1.54) is 11.1 Å². The molecule has 28 heavy (non-hydrogen) atoms. The summed E-state index contributed by atoms with van der Waals surface area (Å²) in [6.07, 6.45) is 9.13. The van der Waals surface area contributed by atoms with E-state index >= 15 is 0 Å². The van der Waals surface area contributed by atoms with E-state index in [1.54, 1.807) is 19.4 Å². The summed E-state index contributed by atoms with van der Waals surface area (Å²) in [6, 6.07) is 4.20. The molecular formula is C20H27N7O. The van der Waals surface area contributed by atoms with Crippen molar-refractivity contribution in [2.24, 2.45) is 23.5 Å². The third-order valence-electron chi connectivity index (χ3n) is 5.48. The lowest BCUT2D eigenvalue weighted by molar-refractivity contribution is 0.269. The van der Waals surface area contributed by atoms with Crippen LogP contribution in [-0.4, -0.2) is 40.5 Å². The molecule has 1 unspecified atom stereocenters. The van der Waals surface area contributed by atoms with Crippen LogP contribution in [0.5, 0.6) is 5.75 Å². The van der Waals surface area contributed by atoms with Gasteiger partial charge >= 0.3 is 0 Å². The number of aromatic nitrogens is 2. The van der Waals surface area contributed by atoms with Crippen LogP contribution >= 0.6 is 0 Å². The average Bonchev–Trinajstić information content (AvgIpc) is 2.96. The average molecular weight is 381 g/mol. The van der Waals surface area contributed by atoms with E-state index < -0.39 is 5.79 Å². The molecule has 0 bridgehead atoms. The Morgan fingerprint density at radius 2 is 2.00 bits per heavy atom. The number of nitrogens with two attached hydrogens (primary N) is 2. The molecule has 2 aliphatic rings. The molecule has 4 rings (SSSR count). The van der Waals surface area contributed by atoms with Crippen molar-refractivity contribution < 1.29 is 4.74 Å². The van der Waals surface area contributed by atoms with E-state index in [2.05, 4.69) is 36.9 Å². The van der Waals surface area contributed by atoms with Crippen molar-refractivity contribution in [1.82, 2.24) is 19.8 Å². The Balaban J connectivity index is 1.60. The molecule has 1 atom stereocenters. The second-order valence-electron chi connectivity index (χ2n) is 7.33. The van der Waals surface area contributed by atoms with Crippen LogP contribution in [0.2, 0.25) is 0 Å². The van der Waals surface area contributed by atoms with Crippen LogP contribution in [0.4, 0.5) is 0 Å². The first kappa shape index (κ1) is 18.5. The lowest BCUT2D eigenvalue weighted by atomic mass is 9.95. The van der Waals surface area contributed by atoms with Crippen LogP contribution in [-0.2, 0) is 32.2 Å². The minimum Gasteiger partial charge on any atom is -0.496 e. The van der Waals surface area contributed by atoms with Crippen molar-refractivity contribution >= 4 is 5.84 Å². The summed E-state index contributed by atoms with van der Waals surface area (Å²) in [5, 5.41) is 3.11. The number of rotatable bonds is 4. The highest BCUT2D eigenvalue weighted by Crippen LogP contribution is 2.33. The van der Waals surface area contributed by atoms with Gasteiger partial charge in [0.15, 0.2) is 0 Å². The Morgan fingerprint density at radius 1 is 1.25 bits per heavy atom. The van der Waals surface area contributed by atoms with Gasteiger partial charge in [-0.2, -0.15) is 0 Å². The van der Waals surface area contributed by atoms with E-state index in [9.17, 15) is 0 Å². The highest BCUT2D eigenvalue weighted by molar-refractivity contribution is 5.92. The van der Waals surface area contributed by atoms with Crippen molar-refractivity contribution in [3.8, 4) is 5.75 Å². The maximum absolute atomic E-state index is 6.52. The van der Waals surface area contributed by atoms with Crippen molar-refractivity contribution in [3.05, 3.63) is 59.3 Å². The fourth-order valence-electron chi connectivity index (χ4n) is 3.84. The molecule has 0 saturated heterocycles. The SMILES string of the molecule is COc1cc2c(cc1C1(N)N=C(N)C=CN1)CCN(Cc1nccn1C)CC2. The molecule has 5 N–H and O–H groups in total. The van der Waals surface area contributed by atoms with E-state index in [4.69, 9.17) is 16.2 Å². The van der Waals surface area contributed by atoms with Gasteiger partial charge < -0.3 is 20.4 Å². The first-order chi connectivity index (χ1) is 13.5. The monoisotopic (exact) mass is 381 g/mol. The standard InChI is InChI=1S/C20H27N7O/c1-26-10-7-23-19(26)13-27-8-4-14-11-16(17(28-2)12-15(14)5-9-27)20(22)24-6-3-18(21)25-20/h3,6-7,10-12,24H,4-5,8-9,13,22H2,1-2H3,(H2,21,25). The second kappa shape index (κ2) is 7.29. The molecule has 148 valence electrons. The Hall–Kier alpha value is -2.84. The van der Waals surface area contributed by atoms with Gasteiger partial charge in [-0.05, 0) is 42.2 Å². The zero-order valence-corrected chi connectivity index (χ0v) is 16.4. The number of ether oxygens (including phenoxy) is 1. The maximum atomic E-state index is 6.52. The topological polar surface area (TPSA) is 107 Å². The minimum absolute atomic E-state index is 0.388. The summed E-state index contributed by atoms with van der Waals surface area (Å²) in [6.45, 7) is 2.78. The molecule has 0 amide bonds. The molecule has 0 spiro atoms. The highest BCUT2D eigenvalue weighted by Gasteiger charge is 2.32. The number of nitrogens with one attached hydrogen (secondary N) is 1. The molecule has 0 aliphatic carbocycles. The predicted octanol–water partition coefficient (Wildman–Crippen LogP) is 0.573. The molecule has 2 aromatic rings. The fourth-order valence-corrected chi connectivity index (χ4v) is 3.84. The molecule has 1 aromatic heterocycles. The molecule has 0 fully saturated rings. The lowest BCUT2D eigenvalue weighted by Gasteiger charge is -2.30. The van der Waals surface area contributed by atoms with Crippen LogP contribution in [0.15, 0.2) is 41.8 Å². The Morgan fingerprint density at radius 3 is 2.64 bits per heavy atom. The Bertz CT molecular complexity index is 933. The third-order valence-corrected chi connectivity index (χ3v) is 5.48. The molecule has 0 saturated carbocycles. The molecule has 2 aliphatic heterocycles. The molecule has 1 aromatic carbocycles. The quantitative estimate of drug-likeness (QED) is 0.715. The molecule has 3 heterocycles. The van der Waals surface area contributed by atoms with Crippen LogP contribution in [0.25, 0.3) is 0 Å². The Kier molecular flexibility index (Phi) is 4.82. The van der Waals surface area contributed by atoms with E-state index in [0.717, 1.165) is 49.6 Å². The first-order valence-electron chi connectivity index (χ1n) is 9.46. The smallest absolute Gasteiger partial charge is 0.214 e. The molecular weight excluding hydrogens is 354 g/mol. The minimum atomic E-state index is -1.13. The Labute approximate surface area is 164 Å². The summed E-state index contributed by atoms with van der Waals surface area (Å²) in [5.74, 6) is 1.06. The van der Waals surface area contributed by atoms with Crippen LogP contribution in [0.3, 0.4) is 0 Å². The normalized spacial score (nSPS) is 22.2.